The van der Waals surface area contributed by atoms with Crippen LogP contribution >= 0.6 is 0 Å². The predicted molar refractivity (Wildman–Crippen MR) is 94.2 cm³/mol. The molecule has 0 spiro atoms. The van der Waals surface area contributed by atoms with Crippen LogP contribution in [0, 0.1) is 0 Å². The van der Waals surface area contributed by atoms with Crippen molar-refractivity contribution in [2.75, 3.05) is 5.32 Å². The molecule has 3 amide bonds. The summed E-state index contributed by atoms with van der Waals surface area (Å²) in [6.07, 6.45) is 0.583. The molecule has 4 N–H and O–H groups in total. The number of aromatic nitrogens is 1. The van der Waals surface area contributed by atoms with Crippen molar-refractivity contribution >= 4 is 23.5 Å². The summed E-state index contributed by atoms with van der Waals surface area (Å²) in [7, 11) is 0. The Morgan fingerprint density at radius 1 is 1.33 bits per heavy atom. The van der Waals surface area contributed by atoms with E-state index in [2.05, 4.69) is 15.8 Å². The molecule has 0 saturated carbocycles. The highest BCUT2D eigenvalue weighted by atomic mass is 16.5. The first-order chi connectivity index (χ1) is 13.1. The minimum Gasteiger partial charge on any atom is -0.363 e. The lowest BCUT2D eigenvalue weighted by Crippen LogP contribution is -2.52. The van der Waals surface area contributed by atoms with Gasteiger partial charge in [-0.1, -0.05) is 17.3 Å². The Kier molecular flexibility index (Phi) is 4.36. The number of carbonyl (C=O) groups excluding carboxylic acids is 3. The van der Waals surface area contributed by atoms with Gasteiger partial charge >= 0.3 is 0 Å². The Bertz CT molecular complexity index is 922. The fourth-order valence-electron chi connectivity index (χ4n) is 3.49. The SMILES string of the molecule is NCc1cc(NCc2cccc3c2CN(C2CCC(=O)NC2=O)C3=O)no1. The van der Waals surface area contributed by atoms with E-state index in [0.29, 0.717) is 36.7 Å². The topological polar surface area (TPSA) is 131 Å². The average molecular weight is 369 g/mol. The lowest BCUT2D eigenvalue weighted by atomic mass is 10.0. The molecule has 2 aliphatic heterocycles. The van der Waals surface area contributed by atoms with Crippen molar-refractivity contribution in [3.8, 4) is 0 Å². The van der Waals surface area contributed by atoms with Crippen LogP contribution in [0.1, 0.15) is 40.1 Å². The van der Waals surface area contributed by atoms with Crippen LogP contribution in [0.4, 0.5) is 5.82 Å². The third-order valence-corrected chi connectivity index (χ3v) is 4.90. The summed E-state index contributed by atoms with van der Waals surface area (Å²) in [4.78, 5) is 37.8. The normalized spacial score (nSPS) is 19.2. The summed E-state index contributed by atoms with van der Waals surface area (Å²) in [5, 5.41) is 9.35. The molecule has 1 aromatic heterocycles. The minimum atomic E-state index is -0.619. The Hall–Kier alpha value is -3.20. The highest BCUT2D eigenvalue weighted by Crippen LogP contribution is 2.30. The van der Waals surface area contributed by atoms with Crippen LogP contribution in [0.25, 0.3) is 0 Å². The summed E-state index contributed by atoms with van der Waals surface area (Å²) >= 11 is 0. The zero-order valence-corrected chi connectivity index (χ0v) is 14.5. The van der Waals surface area contributed by atoms with Gasteiger partial charge in [0.15, 0.2) is 11.6 Å². The number of anilines is 1. The predicted octanol–water partition coefficient (Wildman–Crippen LogP) is 0.506. The zero-order valence-electron chi connectivity index (χ0n) is 14.5. The highest BCUT2D eigenvalue weighted by molar-refractivity contribution is 6.05. The summed E-state index contributed by atoms with van der Waals surface area (Å²) in [5.74, 6) is 0.251. The second kappa shape index (κ2) is 6.84. The molecular weight excluding hydrogens is 350 g/mol. The maximum Gasteiger partial charge on any atom is 0.255 e. The van der Waals surface area contributed by atoms with Crippen molar-refractivity contribution in [3.63, 3.8) is 0 Å². The number of benzene rings is 1. The van der Waals surface area contributed by atoms with Crippen molar-refractivity contribution in [3.05, 3.63) is 46.7 Å². The molecule has 140 valence electrons. The van der Waals surface area contributed by atoms with E-state index >= 15 is 0 Å². The summed E-state index contributed by atoms with van der Waals surface area (Å²) in [6.45, 7) is 1.06. The molecule has 0 aliphatic carbocycles. The van der Waals surface area contributed by atoms with Gasteiger partial charge in [0, 0.05) is 31.1 Å². The van der Waals surface area contributed by atoms with E-state index in [1.165, 1.54) is 0 Å². The first kappa shape index (κ1) is 17.2. The first-order valence-corrected chi connectivity index (χ1v) is 8.72. The molecule has 2 aromatic rings. The Morgan fingerprint density at radius 3 is 2.93 bits per heavy atom. The average Bonchev–Trinajstić information content (AvgIpc) is 3.25. The van der Waals surface area contributed by atoms with Crippen LogP contribution in [0.2, 0.25) is 0 Å². The molecule has 1 fully saturated rings. The van der Waals surface area contributed by atoms with Gasteiger partial charge in [-0.25, -0.2) is 0 Å². The summed E-state index contributed by atoms with van der Waals surface area (Å²) < 4.78 is 5.06. The third kappa shape index (κ3) is 3.17. The number of piperidine rings is 1. The van der Waals surface area contributed by atoms with Gasteiger partial charge in [-0.05, 0) is 23.6 Å². The van der Waals surface area contributed by atoms with Crippen molar-refractivity contribution in [2.45, 2.75) is 38.5 Å². The number of nitrogens with zero attached hydrogens (tertiary/aromatic N) is 2. The molecule has 1 saturated heterocycles. The minimum absolute atomic E-state index is 0.187. The Balaban J connectivity index is 1.52. The standard InChI is InChI=1S/C18H19N5O4/c19-7-11-6-15(22-27-11)20-8-10-2-1-3-12-13(10)9-23(18(12)26)14-4-5-16(24)21-17(14)25/h1-3,6,14H,4-5,7-9,19H2,(H,20,22)(H,21,24,25). The Labute approximate surface area is 154 Å². The van der Waals surface area contributed by atoms with Gasteiger partial charge < -0.3 is 20.5 Å². The lowest BCUT2D eigenvalue weighted by Gasteiger charge is -2.29. The smallest absolute Gasteiger partial charge is 0.255 e. The number of imide groups is 1. The second-order valence-electron chi connectivity index (χ2n) is 6.58. The van der Waals surface area contributed by atoms with Crippen molar-refractivity contribution in [1.29, 1.82) is 0 Å². The fraction of sp³-hybridized carbons (Fsp3) is 0.333. The van der Waals surface area contributed by atoms with Crippen LogP contribution in [0.3, 0.4) is 0 Å². The van der Waals surface area contributed by atoms with E-state index in [0.717, 1.165) is 11.1 Å². The van der Waals surface area contributed by atoms with Crippen LogP contribution in [-0.4, -0.2) is 33.8 Å². The van der Waals surface area contributed by atoms with Crippen LogP contribution in [-0.2, 0) is 29.2 Å². The molecule has 1 unspecified atom stereocenters. The number of hydrogen-bond donors (Lipinski definition) is 3. The van der Waals surface area contributed by atoms with Gasteiger partial charge in [0.2, 0.25) is 11.8 Å². The summed E-state index contributed by atoms with van der Waals surface area (Å²) in [5.41, 5.74) is 7.91. The van der Waals surface area contributed by atoms with Crippen LogP contribution < -0.4 is 16.4 Å². The molecule has 9 heteroatoms. The van der Waals surface area contributed by atoms with E-state index in [4.69, 9.17) is 10.3 Å². The van der Waals surface area contributed by atoms with E-state index in [-0.39, 0.29) is 24.8 Å². The van der Waals surface area contributed by atoms with E-state index < -0.39 is 11.9 Å². The summed E-state index contributed by atoms with van der Waals surface area (Å²) in [6, 6.07) is 6.61. The molecule has 1 atom stereocenters. The fourth-order valence-corrected chi connectivity index (χ4v) is 3.49. The van der Waals surface area contributed by atoms with Gasteiger partial charge in [0.1, 0.15) is 6.04 Å². The molecular formula is C18H19N5O4. The number of fused-ring (bicyclic) bond motifs is 1. The number of rotatable bonds is 5. The van der Waals surface area contributed by atoms with E-state index in [9.17, 15) is 14.4 Å². The second-order valence-corrected chi connectivity index (χ2v) is 6.58. The van der Waals surface area contributed by atoms with E-state index in [1.807, 2.05) is 12.1 Å². The van der Waals surface area contributed by atoms with Gasteiger partial charge in [-0.15, -0.1) is 0 Å². The van der Waals surface area contributed by atoms with Crippen molar-refractivity contribution in [2.24, 2.45) is 5.73 Å². The molecule has 0 bridgehead atoms. The number of nitrogens with one attached hydrogen (secondary N) is 2. The molecule has 0 radical (unpaired) electrons. The largest absolute Gasteiger partial charge is 0.363 e. The molecule has 27 heavy (non-hydrogen) atoms. The van der Waals surface area contributed by atoms with Gasteiger partial charge in [-0.2, -0.15) is 0 Å². The first-order valence-electron chi connectivity index (χ1n) is 8.72. The van der Waals surface area contributed by atoms with Crippen LogP contribution in [0.15, 0.2) is 28.8 Å². The maximum absolute atomic E-state index is 12.8. The highest BCUT2D eigenvalue weighted by Gasteiger charge is 2.39. The lowest BCUT2D eigenvalue weighted by molar-refractivity contribution is -0.136. The number of nitrogens with two attached hydrogens (primary N) is 1. The number of carbonyl (C=O) groups is 3. The molecule has 3 heterocycles. The van der Waals surface area contributed by atoms with Crippen molar-refractivity contribution in [1.82, 2.24) is 15.4 Å². The number of hydrogen-bond acceptors (Lipinski definition) is 7. The van der Waals surface area contributed by atoms with Gasteiger partial charge in [0.05, 0.1) is 6.54 Å². The van der Waals surface area contributed by atoms with Gasteiger partial charge in [-0.3, -0.25) is 19.7 Å². The van der Waals surface area contributed by atoms with Crippen molar-refractivity contribution < 1.29 is 18.9 Å². The molecule has 4 rings (SSSR count). The van der Waals surface area contributed by atoms with Gasteiger partial charge in [0.25, 0.3) is 5.91 Å². The maximum atomic E-state index is 12.8. The van der Waals surface area contributed by atoms with Crippen LogP contribution in [0.5, 0.6) is 0 Å². The third-order valence-electron chi connectivity index (χ3n) is 4.90. The number of amides is 3. The zero-order chi connectivity index (χ0) is 19.0. The monoisotopic (exact) mass is 369 g/mol. The molecule has 2 aliphatic rings. The quantitative estimate of drug-likeness (QED) is 0.654. The Morgan fingerprint density at radius 2 is 2.19 bits per heavy atom. The molecule has 1 aromatic carbocycles. The van der Waals surface area contributed by atoms with E-state index in [1.54, 1.807) is 17.0 Å². The molecule has 9 nitrogen and oxygen atoms in total.